The van der Waals surface area contributed by atoms with Crippen molar-refractivity contribution in [2.45, 2.75) is 19.9 Å². The van der Waals surface area contributed by atoms with Crippen LogP contribution in [0.1, 0.15) is 29.7 Å². The summed E-state index contributed by atoms with van der Waals surface area (Å²) in [7, 11) is 0. The van der Waals surface area contributed by atoms with E-state index in [4.69, 9.17) is 16.3 Å². The molecule has 1 unspecified atom stereocenters. The lowest BCUT2D eigenvalue weighted by atomic mass is 9.94. The van der Waals surface area contributed by atoms with Gasteiger partial charge in [0, 0.05) is 12.1 Å². The van der Waals surface area contributed by atoms with Crippen molar-refractivity contribution < 1.29 is 19.4 Å². The number of aliphatic hydroxyl groups excluding tert-OH is 1. The summed E-state index contributed by atoms with van der Waals surface area (Å²) in [6.45, 7) is 8.10. The number of likely N-dealkylation sites (tertiary alicyclic amines) is 1. The Bertz CT molecular complexity index is 994. The van der Waals surface area contributed by atoms with Crippen molar-refractivity contribution in [3.8, 4) is 5.75 Å². The molecule has 1 amide bonds. The number of aliphatic hydroxyl groups is 1. The molecule has 1 fully saturated rings. The zero-order valence-corrected chi connectivity index (χ0v) is 17.1. The largest absolute Gasteiger partial charge is 0.507 e. The Hall–Kier alpha value is -3.05. The van der Waals surface area contributed by atoms with Gasteiger partial charge in [0.15, 0.2) is 0 Å². The van der Waals surface area contributed by atoms with E-state index >= 15 is 0 Å². The molecule has 1 aliphatic heterocycles. The van der Waals surface area contributed by atoms with Crippen molar-refractivity contribution in [1.82, 2.24) is 4.90 Å². The van der Waals surface area contributed by atoms with Gasteiger partial charge in [-0.05, 0) is 37.6 Å². The van der Waals surface area contributed by atoms with Crippen molar-refractivity contribution >= 4 is 29.1 Å². The normalized spacial score (nSPS) is 18.2. The van der Waals surface area contributed by atoms with Crippen LogP contribution in [0.2, 0.25) is 5.02 Å². The third kappa shape index (κ3) is 3.91. The zero-order valence-electron chi connectivity index (χ0n) is 16.3. The molecule has 3 rings (SSSR count). The van der Waals surface area contributed by atoms with Gasteiger partial charge in [0.05, 0.1) is 23.2 Å². The average molecular weight is 412 g/mol. The van der Waals surface area contributed by atoms with Crippen LogP contribution in [0.4, 0.5) is 0 Å². The maximum atomic E-state index is 12.8. The fraction of sp³-hybridized carbons (Fsp3) is 0.217. The van der Waals surface area contributed by atoms with Gasteiger partial charge in [-0.25, -0.2) is 0 Å². The topological polar surface area (TPSA) is 66.8 Å². The number of amides is 1. The van der Waals surface area contributed by atoms with Crippen molar-refractivity contribution in [2.75, 3.05) is 13.2 Å². The SMILES string of the molecule is C=CCN1C(=O)C(=O)/C(=C(\O)c2ccc(OCC)c(Cl)c2)C1c1ccc(C)cc1. The van der Waals surface area contributed by atoms with Gasteiger partial charge in [-0.15, -0.1) is 6.58 Å². The third-order valence-corrected chi connectivity index (χ3v) is 5.06. The highest BCUT2D eigenvalue weighted by Gasteiger charge is 2.45. The molecule has 1 aliphatic rings. The second-order valence-electron chi connectivity index (χ2n) is 6.73. The van der Waals surface area contributed by atoms with Crippen molar-refractivity contribution in [3.63, 3.8) is 0 Å². The quantitative estimate of drug-likeness (QED) is 0.325. The van der Waals surface area contributed by atoms with E-state index in [2.05, 4.69) is 6.58 Å². The number of aryl methyl sites for hydroxylation is 1. The fourth-order valence-electron chi connectivity index (χ4n) is 3.38. The summed E-state index contributed by atoms with van der Waals surface area (Å²) < 4.78 is 5.42. The number of hydrogen-bond donors (Lipinski definition) is 1. The van der Waals surface area contributed by atoms with Gasteiger partial charge in [0.1, 0.15) is 11.5 Å². The predicted molar refractivity (Wildman–Crippen MR) is 113 cm³/mol. The van der Waals surface area contributed by atoms with E-state index in [1.54, 1.807) is 18.2 Å². The van der Waals surface area contributed by atoms with E-state index in [0.29, 0.717) is 22.9 Å². The number of ether oxygens (including phenoxy) is 1. The predicted octanol–water partition coefficient (Wildman–Crippen LogP) is 4.65. The highest BCUT2D eigenvalue weighted by molar-refractivity contribution is 6.46. The van der Waals surface area contributed by atoms with Crippen molar-refractivity contribution in [2.24, 2.45) is 0 Å². The second-order valence-corrected chi connectivity index (χ2v) is 7.14. The molecule has 0 radical (unpaired) electrons. The number of carbonyl (C=O) groups is 2. The summed E-state index contributed by atoms with van der Waals surface area (Å²) in [6, 6.07) is 11.5. The Morgan fingerprint density at radius 1 is 1.24 bits per heavy atom. The standard InChI is InChI=1S/C23H22ClNO4/c1-4-12-25-20(15-8-6-14(3)7-9-15)19(22(27)23(25)28)21(26)16-10-11-18(29-5-2)17(24)13-16/h4,6-11,13,20,26H,1,5,12H2,2-3H3/b21-19-. The van der Waals surface area contributed by atoms with Gasteiger partial charge in [-0.2, -0.15) is 0 Å². The number of carbonyl (C=O) groups excluding carboxylic acids is 2. The van der Waals surface area contributed by atoms with E-state index in [1.807, 2.05) is 38.1 Å². The molecule has 2 aromatic rings. The van der Waals surface area contributed by atoms with Gasteiger partial charge in [0.2, 0.25) is 0 Å². The van der Waals surface area contributed by atoms with E-state index in [-0.39, 0.29) is 17.9 Å². The van der Waals surface area contributed by atoms with Gasteiger partial charge < -0.3 is 14.7 Å². The summed E-state index contributed by atoms with van der Waals surface area (Å²) >= 11 is 6.24. The van der Waals surface area contributed by atoms with Crippen molar-refractivity contribution in [1.29, 1.82) is 0 Å². The monoisotopic (exact) mass is 411 g/mol. The molecule has 1 N–H and O–H groups in total. The smallest absolute Gasteiger partial charge is 0.295 e. The highest BCUT2D eigenvalue weighted by atomic mass is 35.5. The molecule has 0 aromatic heterocycles. The van der Waals surface area contributed by atoms with Gasteiger partial charge >= 0.3 is 0 Å². The van der Waals surface area contributed by atoms with E-state index in [1.165, 1.54) is 11.0 Å². The fourth-order valence-corrected chi connectivity index (χ4v) is 3.61. The Kier molecular flexibility index (Phi) is 6.09. The highest BCUT2D eigenvalue weighted by Crippen LogP contribution is 2.40. The summed E-state index contributed by atoms with van der Waals surface area (Å²) in [5.41, 5.74) is 2.15. The van der Waals surface area contributed by atoms with Crippen LogP contribution in [-0.2, 0) is 9.59 Å². The molecule has 0 saturated carbocycles. The summed E-state index contributed by atoms with van der Waals surface area (Å²) in [4.78, 5) is 26.8. The van der Waals surface area contributed by atoms with E-state index < -0.39 is 17.7 Å². The molecule has 1 atom stereocenters. The Balaban J connectivity index is 2.15. The molecule has 0 aliphatic carbocycles. The average Bonchev–Trinajstić information content (AvgIpc) is 2.95. The Morgan fingerprint density at radius 2 is 1.93 bits per heavy atom. The number of Topliss-reactive ketones (excluding diaryl/α,β-unsaturated/α-hetero) is 1. The lowest BCUT2D eigenvalue weighted by Gasteiger charge is -2.24. The molecular formula is C23H22ClNO4. The number of hydrogen-bond acceptors (Lipinski definition) is 4. The maximum absolute atomic E-state index is 12.8. The summed E-state index contributed by atoms with van der Waals surface area (Å²) in [6.07, 6.45) is 1.56. The second kappa shape index (κ2) is 8.53. The first-order valence-electron chi connectivity index (χ1n) is 9.27. The maximum Gasteiger partial charge on any atom is 0.295 e. The first-order chi connectivity index (χ1) is 13.9. The molecule has 1 heterocycles. The number of ketones is 1. The van der Waals surface area contributed by atoms with Crippen LogP contribution in [0.15, 0.2) is 60.7 Å². The number of nitrogens with zero attached hydrogens (tertiary/aromatic N) is 1. The first-order valence-corrected chi connectivity index (χ1v) is 9.65. The first kappa shape index (κ1) is 20.7. The molecule has 6 heteroatoms. The zero-order chi connectivity index (χ0) is 21.1. The Morgan fingerprint density at radius 3 is 2.52 bits per heavy atom. The van der Waals surface area contributed by atoms with Crippen LogP contribution in [0, 0.1) is 6.92 Å². The lowest BCUT2D eigenvalue weighted by molar-refractivity contribution is -0.139. The minimum atomic E-state index is -0.736. The molecule has 2 aromatic carbocycles. The van der Waals surface area contributed by atoms with Crippen LogP contribution < -0.4 is 4.74 Å². The number of halogens is 1. The third-order valence-electron chi connectivity index (χ3n) is 4.76. The van der Waals surface area contributed by atoms with E-state index in [0.717, 1.165) is 11.1 Å². The van der Waals surface area contributed by atoms with E-state index in [9.17, 15) is 14.7 Å². The molecular weight excluding hydrogens is 390 g/mol. The molecule has 0 spiro atoms. The Labute approximate surface area is 174 Å². The minimum absolute atomic E-state index is 0.0286. The molecule has 29 heavy (non-hydrogen) atoms. The van der Waals surface area contributed by atoms with Crippen LogP contribution in [0.25, 0.3) is 5.76 Å². The lowest BCUT2D eigenvalue weighted by Crippen LogP contribution is -2.29. The van der Waals surface area contributed by atoms with Crippen LogP contribution in [-0.4, -0.2) is 34.8 Å². The molecule has 150 valence electrons. The molecule has 1 saturated heterocycles. The number of rotatable bonds is 6. The van der Waals surface area contributed by atoms with Crippen molar-refractivity contribution in [3.05, 3.63) is 82.4 Å². The van der Waals surface area contributed by atoms with Gasteiger partial charge in [0.25, 0.3) is 11.7 Å². The van der Waals surface area contributed by atoms with Gasteiger partial charge in [-0.1, -0.05) is 47.5 Å². The van der Waals surface area contributed by atoms with Crippen LogP contribution >= 0.6 is 11.6 Å². The molecule has 5 nitrogen and oxygen atoms in total. The summed E-state index contributed by atoms with van der Waals surface area (Å²) in [5, 5.41) is 11.3. The minimum Gasteiger partial charge on any atom is -0.507 e. The number of benzene rings is 2. The van der Waals surface area contributed by atoms with Crippen LogP contribution in [0.5, 0.6) is 5.75 Å². The van der Waals surface area contributed by atoms with Crippen LogP contribution in [0.3, 0.4) is 0 Å². The molecule has 0 bridgehead atoms. The summed E-state index contributed by atoms with van der Waals surface area (Å²) in [5.74, 6) is -1.20. The van der Waals surface area contributed by atoms with Gasteiger partial charge in [-0.3, -0.25) is 9.59 Å².